The molecular weight excluding hydrogens is 896 g/mol. The zero-order chi connectivity index (χ0) is 48.2. The fraction of sp³-hybridized carbons (Fsp3) is 0.347. The topological polar surface area (TPSA) is 178 Å². The molecule has 0 bridgehead atoms. The van der Waals surface area contributed by atoms with Crippen molar-refractivity contribution in [2.45, 2.75) is 53.2 Å². The Hall–Kier alpha value is -6.78. The van der Waals surface area contributed by atoms with Crippen molar-refractivity contribution in [3.8, 4) is 0 Å². The Morgan fingerprint density at radius 2 is 1.24 bits per heavy atom. The Bertz CT molecular complexity index is 2800. The number of ether oxygens (including phenoxy) is 1. The molecule has 2 aromatic heterocycles. The lowest BCUT2D eigenvalue weighted by molar-refractivity contribution is 0.0240. The van der Waals surface area contributed by atoms with Crippen LogP contribution in [0.1, 0.15) is 62.5 Å². The zero-order valence-electron chi connectivity index (χ0n) is 38.5. The van der Waals surface area contributed by atoms with E-state index in [2.05, 4.69) is 46.0 Å². The van der Waals surface area contributed by atoms with Crippen molar-refractivity contribution >= 4 is 91.8 Å². The average molecular weight is 950 g/mol. The van der Waals surface area contributed by atoms with Crippen LogP contribution in [0.15, 0.2) is 97.1 Å². The molecule has 2 fully saturated rings. The molecule has 8 rings (SSSR count). The number of carbonyl (C=O) groups is 4. The number of carbonyl (C=O) groups excluding carboxylic acids is 3. The molecule has 0 radical (unpaired) electrons. The highest BCUT2D eigenvalue weighted by atomic mass is 35.5. The number of halogens is 2. The van der Waals surface area contributed by atoms with Crippen LogP contribution in [0.4, 0.5) is 32.6 Å². The van der Waals surface area contributed by atoms with Crippen LogP contribution in [0.25, 0.3) is 21.5 Å². The number of aromatic nitrogens is 4. The van der Waals surface area contributed by atoms with Gasteiger partial charge < -0.3 is 39.7 Å². The zero-order valence-corrected chi connectivity index (χ0v) is 40.0. The second-order valence-corrected chi connectivity index (χ2v) is 19.0. The molecule has 6 aromatic rings. The molecule has 16 nitrogen and oxygen atoms in total. The summed E-state index contributed by atoms with van der Waals surface area (Å²) in [5.41, 5.74) is 1.03. The minimum atomic E-state index is -0.942. The van der Waals surface area contributed by atoms with Gasteiger partial charge in [-0.1, -0.05) is 93.6 Å². The van der Waals surface area contributed by atoms with Crippen molar-refractivity contribution < 1.29 is 29.0 Å². The number of fused-ring (bicyclic) bond motifs is 2. The summed E-state index contributed by atoms with van der Waals surface area (Å²) in [7, 11) is 1.71. The number of hydrogen-bond acceptors (Lipinski definition) is 11. The van der Waals surface area contributed by atoms with Gasteiger partial charge in [-0.25, -0.2) is 29.5 Å². The van der Waals surface area contributed by atoms with Crippen molar-refractivity contribution in [2.75, 3.05) is 72.9 Å². The van der Waals surface area contributed by atoms with Crippen LogP contribution in [0.2, 0.25) is 10.6 Å². The highest BCUT2D eigenvalue weighted by Gasteiger charge is 2.38. The molecule has 4 amide bonds. The maximum absolute atomic E-state index is 13.5. The van der Waals surface area contributed by atoms with Crippen LogP contribution in [-0.4, -0.2) is 123 Å². The van der Waals surface area contributed by atoms with Gasteiger partial charge in [-0.15, -0.1) is 0 Å². The van der Waals surface area contributed by atoms with E-state index in [4.69, 9.17) is 27.9 Å². The van der Waals surface area contributed by atoms with Crippen molar-refractivity contribution in [1.82, 2.24) is 29.7 Å². The summed E-state index contributed by atoms with van der Waals surface area (Å²) >= 11 is 12.4. The first-order valence-corrected chi connectivity index (χ1v) is 22.6. The van der Waals surface area contributed by atoms with E-state index < -0.39 is 11.7 Å². The van der Waals surface area contributed by atoms with Gasteiger partial charge in [-0.3, -0.25) is 9.59 Å². The normalized spacial score (nSPS) is 15.4. The van der Waals surface area contributed by atoms with Gasteiger partial charge in [0.1, 0.15) is 28.6 Å². The summed E-state index contributed by atoms with van der Waals surface area (Å²) in [5.74, 6) is 0.379. The quantitative estimate of drug-likeness (QED) is 0.152. The summed E-state index contributed by atoms with van der Waals surface area (Å²) in [6.45, 7) is 14.8. The maximum Gasteiger partial charge on any atom is 0.410 e. The SMILES string of the molecule is CC(C)(C)OC(=O)N1CCN(c2cc(C(=O)Nc3cccc4ccccc34)nc(Cl)n2)CC1.CN(C(=O)c1cc(N2CCN(C(=O)O)CC2C(C)(C)C)nc(Cl)n1)c1cccc2ccccc12. The predicted octanol–water partition coefficient (Wildman–Crippen LogP) is 9.37. The van der Waals surface area contributed by atoms with E-state index in [-0.39, 0.29) is 51.3 Å². The molecule has 350 valence electrons. The molecule has 2 aliphatic rings. The summed E-state index contributed by atoms with van der Waals surface area (Å²) < 4.78 is 5.44. The molecule has 67 heavy (non-hydrogen) atoms. The van der Waals surface area contributed by atoms with Gasteiger partial charge in [0.25, 0.3) is 11.8 Å². The number of rotatable bonds is 6. The first-order valence-electron chi connectivity index (χ1n) is 21.9. The summed E-state index contributed by atoms with van der Waals surface area (Å²) in [6.07, 6.45) is -1.28. The van der Waals surface area contributed by atoms with E-state index in [9.17, 15) is 24.3 Å². The first-order chi connectivity index (χ1) is 31.8. The van der Waals surface area contributed by atoms with E-state index in [1.165, 1.54) is 4.90 Å². The fourth-order valence-corrected chi connectivity index (χ4v) is 8.42. The molecular formula is C49H54Cl2N10O6. The highest BCUT2D eigenvalue weighted by molar-refractivity contribution is 6.29. The largest absolute Gasteiger partial charge is 0.465 e. The van der Waals surface area contributed by atoms with Crippen LogP contribution in [0, 0.1) is 5.41 Å². The third-order valence-corrected chi connectivity index (χ3v) is 11.8. The number of carboxylic acid groups (broad SMARTS) is 1. The van der Waals surface area contributed by atoms with E-state index in [1.807, 2.05) is 116 Å². The average Bonchev–Trinajstić information content (AvgIpc) is 3.29. The summed E-state index contributed by atoms with van der Waals surface area (Å²) in [5, 5.41) is 16.3. The van der Waals surface area contributed by atoms with Crippen LogP contribution in [-0.2, 0) is 4.74 Å². The molecule has 1 unspecified atom stereocenters. The van der Waals surface area contributed by atoms with Crippen LogP contribution in [0.3, 0.4) is 0 Å². The third kappa shape index (κ3) is 11.6. The standard InChI is InChI=1S/C25H28ClN5O3.C24H26ClN5O3/c1-25(2,3)20-15-30(24(33)34)12-13-31(20)21-14-18(27-23(26)28-21)22(32)29(4)19-11-7-9-16-8-5-6-10-17(16)19;1-24(2,3)33-23(32)30-13-11-29(12-14-30)20-15-19(27-22(25)28-20)21(31)26-18-10-6-8-16-7-4-5-9-17(16)18/h5-11,14,20H,12-13,15H2,1-4H3,(H,33,34);4-10,15H,11-14H2,1-3H3,(H,26,31). The van der Waals surface area contributed by atoms with Crippen LogP contribution < -0.4 is 20.0 Å². The van der Waals surface area contributed by atoms with E-state index in [1.54, 1.807) is 29.0 Å². The molecule has 2 aliphatic heterocycles. The maximum atomic E-state index is 13.5. The second kappa shape index (κ2) is 20.0. The molecule has 4 heterocycles. The van der Waals surface area contributed by atoms with Crippen molar-refractivity contribution in [3.63, 3.8) is 0 Å². The number of piperazine rings is 2. The lowest BCUT2D eigenvalue weighted by Crippen LogP contribution is -2.59. The summed E-state index contributed by atoms with van der Waals surface area (Å²) in [4.78, 5) is 76.0. The minimum Gasteiger partial charge on any atom is -0.465 e. The van der Waals surface area contributed by atoms with Crippen molar-refractivity contribution in [2.24, 2.45) is 5.41 Å². The monoisotopic (exact) mass is 948 g/mol. The molecule has 4 aromatic carbocycles. The minimum absolute atomic E-state index is 0.00913. The van der Waals surface area contributed by atoms with Gasteiger partial charge in [0.15, 0.2) is 0 Å². The molecule has 2 N–H and O–H groups in total. The smallest absolute Gasteiger partial charge is 0.410 e. The van der Waals surface area contributed by atoms with Gasteiger partial charge in [0, 0.05) is 81.5 Å². The lowest BCUT2D eigenvalue weighted by atomic mass is 9.84. The number of hydrogen-bond donors (Lipinski definition) is 2. The third-order valence-electron chi connectivity index (χ3n) is 11.5. The number of benzene rings is 4. The molecule has 0 aliphatic carbocycles. The number of nitrogens with one attached hydrogen (secondary N) is 1. The molecule has 0 spiro atoms. The van der Waals surface area contributed by atoms with Gasteiger partial charge in [0.05, 0.1) is 11.7 Å². The van der Waals surface area contributed by atoms with Gasteiger partial charge >= 0.3 is 12.2 Å². The second-order valence-electron chi connectivity index (χ2n) is 18.4. The van der Waals surface area contributed by atoms with Crippen molar-refractivity contribution in [3.05, 3.63) is 119 Å². The lowest BCUT2D eigenvalue weighted by Gasteiger charge is -2.47. The molecule has 1 atom stereocenters. The number of nitrogens with zero attached hydrogens (tertiary/aromatic N) is 9. The number of anilines is 4. The fourth-order valence-electron chi connectivity index (χ4n) is 8.07. The predicted molar refractivity (Wildman–Crippen MR) is 263 cm³/mol. The van der Waals surface area contributed by atoms with Gasteiger partial charge in [-0.2, -0.15) is 0 Å². The Morgan fingerprint density at radius 1 is 0.687 bits per heavy atom. The number of amides is 4. The van der Waals surface area contributed by atoms with E-state index >= 15 is 0 Å². The van der Waals surface area contributed by atoms with E-state index in [0.29, 0.717) is 63.1 Å². The molecule has 18 heteroatoms. The van der Waals surface area contributed by atoms with Gasteiger partial charge in [0.2, 0.25) is 10.6 Å². The molecule has 0 saturated carbocycles. The van der Waals surface area contributed by atoms with Crippen LogP contribution in [0.5, 0.6) is 0 Å². The van der Waals surface area contributed by atoms with Crippen LogP contribution >= 0.6 is 23.2 Å². The Morgan fingerprint density at radius 3 is 1.88 bits per heavy atom. The van der Waals surface area contributed by atoms with E-state index in [0.717, 1.165) is 27.2 Å². The first kappa shape index (κ1) is 48.2. The Labute approximate surface area is 399 Å². The summed E-state index contributed by atoms with van der Waals surface area (Å²) in [6, 6.07) is 30.3. The highest BCUT2D eigenvalue weighted by Crippen LogP contribution is 2.33. The van der Waals surface area contributed by atoms with Crippen molar-refractivity contribution in [1.29, 1.82) is 0 Å². The Kier molecular flexibility index (Phi) is 14.4. The Balaban J connectivity index is 0.000000199. The van der Waals surface area contributed by atoms with Gasteiger partial charge in [-0.05, 0) is 72.3 Å². The molecule has 2 saturated heterocycles.